The number of aliphatic hydroxyl groups is 3. The van der Waals surface area contributed by atoms with Gasteiger partial charge in [-0.05, 0) is 5.92 Å². The van der Waals surface area contributed by atoms with Gasteiger partial charge in [-0.25, -0.2) is 20.4 Å². The van der Waals surface area contributed by atoms with E-state index in [9.17, 15) is 15.3 Å². The van der Waals surface area contributed by atoms with Gasteiger partial charge >= 0.3 is 0 Å². The molecule has 1 aliphatic heterocycles. The lowest BCUT2D eigenvalue weighted by Crippen LogP contribution is -2.33. The van der Waals surface area contributed by atoms with Crippen LogP contribution in [-0.2, 0) is 9.57 Å². The van der Waals surface area contributed by atoms with E-state index in [0.29, 0.717) is 29.5 Å². The van der Waals surface area contributed by atoms with Crippen molar-refractivity contribution in [2.24, 2.45) is 5.92 Å². The lowest BCUT2D eigenvalue weighted by atomic mass is 10.1. The molecule has 24 heavy (non-hydrogen) atoms. The normalized spacial score (nSPS) is 27.2. The maximum Gasteiger partial charge on any atom is 0.181 e. The first-order valence-corrected chi connectivity index (χ1v) is 7.70. The number of nitrogens with one attached hydrogen (secondary N) is 1. The van der Waals surface area contributed by atoms with Crippen LogP contribution in [0.15, 0.2) is 12.7 Å². The van der Waals surface area contributed by atoms with E-state index in [2.05, 4.69) is 20.4 Å². The molecule has 0 radical (unpaired) electrons. The molecule has 4 atom stereocenters. The van der Waals surface area contributed by atoms with Gasteiger partial charge in [0.05, 0.1) is 19.5 Å². The van der Waals surface area contributed by atoms with E-state index < -0.39 is 31.1 Å². The minimum atomic E-state index is -1.21. The number of aliphatic hydroxyl groups excluding tert-OH is 3. The molecule has 0 amide bonds. The zero-order valence-electron chi connectivity index (χ0n) is 13.4. The molecule has 0 saturated carbocycles. The predicted molar refractivity (Wildman–Crippen MR) is 82.7 cm³/mol. The summed E-state index contributed by atoms with van der Waals surface area (Å²) in [4.78, 5) is 17.8. The summed E-state index contributed by atoms with van der Waals surface area (Å²) in [6, 6.07) is 0. The lowest BCUT2D eigenvalue weighted by Gasteiger charge is -2.16. The highest BCUT2D eigenvalue weighted by molar-refractivity contribution is 5.82. The lowest BCUT2D eigenvalue weighted by molar-refractivity contribution is -0.0511. The van der Waals surface area contributed by atoms with E-state index in [1.54, 1.807) is 0 Å². The third-order valence-electron chi connectivity index (χ3n) is 3.74. The van der Waals surface area contributed by atoms with E-state index in [1.807, 2.05) is 13.8 Å². The zero-order valence-corrected chi connectivity index (χ0v) is 13.4. The minimum Gasteiger partial charge on any atom is -0.394 e. The molecular weight excluding hydrogens is 318 g/mol. The Hall–Kier alpha value is -1.85. The molecule has 1 fully saturated rings. The van der Waals surface area contributed by atoms with Gasteiger partial charge in [-0.1, -0.05) is 13.8 Å². The number of aromatic nitrogens is 4. The zero-order chi connectivity index (χ0) is 17.3. The molecule has 2 aromatic rings. The van der Waals surface area contributed by atoms with Gasteiger partial charge in [-0.2, -0.15) is 0 Å². The number of anilines is 1. The van der Waals surface area contributed by atoms with Gasteiger partial charge in [0.1, 0.15) is 24.6 Å². The highest BCUT2D eigenvalue weighted by Crippen LogP contribution is 2.32. The second-order valence-electron chi connectivity index (χ2n) is 6.08. The number of rotatable bonds is 6. The third-order valence-corrected chi connectivity index (χ3v) is 3.74. The smallest absolute Gasteiger partial charge is 0.181 e. The van der Waals surface area contributed by atoms with Crippen molar-refractivity contribution >= 4 is 17.0 Å². The van der Waals surface area contributed by atoms with Crippen LogP contribution in [0, 0.1) is 5.92 Å². The topological polar surface area (TPSA) is 135 Å². The Kier molecular flexibility index (Phi) is 4.92. The number of ether oxygens (including phenoxy) is 1. The van der Waals surface area contributed by atoms with Crippen LogP contribution in [0.1, 0.15) is 20.1 Å². The number of nitrogens with zero attached hydrogens (tertiary/aromatic N) is 4. The average Bonchev–Trinajstić information content (AvgIpc) is 3.10. The van der Waals surface area contributed by atoms with Gasteiger partial charge < -0.3 is 20.1 Å². The fourth-order valence-corrected chi connectivity index (χ4v) is 2.50. The number of hydrogen-bond donors (Lipinski definition) is 4. The molecule has 10 heteroatoms. The van der Waals surface area contributed by atoms with Gasteiger partial charge in [0.25, 0.3) is 0 Å². The summed E-state index contributed by atoms with van der Waals surface area (Å²) < 4.78 is 7.00. The first-order chi connectivity index (χ1) is 11.5. The van der Waals surface area contributed by atoms with Crippen molar-refractivity contribution in [1.82, 2.24) is 19.5 Å². The van der Waals surface area contributed by atoms with Gasteiger partial charge in [0, 0.05) is 0 Å². The summed E-state index contributed by atoms with van der Waals surface area (Å²) in [5, 5.41) is 29.2. The number of fused-ring (bicyclic) bond motifs is 1. The molecule has 132 valence electrons. The van der Waals surface area contributed by atoms with Crippen LogP contribution in [0.5, 0.6) is 0 Å². The Morgan fingerprint density at radius 1 is 1.29 bits per heavy atom. The molecule has 0 aliphatic carbocycles. The van der Waals surface area contributed by atoms with Gasteiger partial charge in [0.2, 0.25) is 0 Å². The fraction of sp³-hybridized carbons (Fsp3) is 0.643. The first kappa shape index (κ1) is 17.0. The molecular formula is C14H21N5O5. The SMILES string of the molecule is CC(C)CONc1ncnc2c1ncn2[C@@H]1O[C@H](CO)C(O)C1O. The van der Waals surface area contributed by atoms with Crippen molar-refractivity contribution in [3.63, 3.8) is 0 Å². The molecule has 0 spiro atoms. The summed E-state index contributed by atoms with van der Waals surface area (Å²) >= 11 is 0. The van der Waals surface area contributed by atoms with Crippen molar-refractivity contribution in [3.8, 4) is 0 Å². The summed E-state index contributed by atoms with van der Waals surface area (Å²) in [7, 11) is 0. The highest BCUT2D eigenvalue weighted by Gasteiger charge is 2.44. The molecule has 2 unspecified atom stereocenters. The Morgan fingerprint density at radius 3 is 2.75 bits per heavy atom. The number of hydrogen-bond acceptors (Lipinski definition) is 9. The number of imidazole rings is 1. The van der Waals surface area contributed by atoms with E-state index in [4.69, 9.17) is 9.57 Å². The van der Waals surface area contributed by atoms with Crippen LogP contribution in [-0.4, -0.2) is 66.4 Å². The van der Waals surface area contributed by atoms with Crippen LogP contribution in [0.4, 0.5) is 5.82 Å². The maximum absolute atomic E-state index is 10.1. The summed E-state index contributed by atoms with van der Waals surface area (Å²) in [5.74, 6) is 0.748. The molecule has 4 N–H and O–H groups in total. The van der Waals surface area contributed by atoms with Crippen LogP contribution in [0.3, 0.4) is 0 Å². The van der Waals surface area contributed by atoms with Gasteiger partial charge in [-0.15, -0.1) is 0 Å². The molecule has 10 nitrogen and oxygen atoms in total. The molecule has 1 aliphatic rings. The Bertz CT molecular complexity index is 693. The van der Waals surface area contributed by atoms with Crippen LogP contribution < -0.4 is 5.48 Å². The minimum absolute atomic E-state index is 0.353. The predicted octanol–water partition coefficient (Wildman–Crippen LogP) is -0.563. The molecule has 1 saturated heterocycles. The van der Waals surface area contributed by atoms with E-state index in [0.717, 1.165) is 0 Å². The molecule has 3 rings (SSSR count). The summed E-state index contributed by atoms with van der Waals surface area (Å²) in [5.41, 5.74) is 3.60. The quantitative estimate of drug-likeness (QED) is 0.511. The van der Waals surface area contributed by atoms with Gasteiger partial charge in [0.15, 0.2) is 23.2 Å². The largest absolute Gasteiger partial charge is 0.394 e. The standard InChI is InChI=1S/C14H21N5O5/c1-7(2)4-23-18-12-9-13(16-5-15-12)19(6-17-9)14-11(22)10(21)8(3-20)24-14/h5-8,10-11,14,20-22H,3-4H2,1-2H3,(H,15,16,18)/t8-,10?,11?,14-/m1/s1. The Morgan fingerprint density at radius 2 is 2.08 bits per heavy atom. The highest BCUT2D eigenvalue weighted by atomic mass is 16.6. The molecule has 0 aromatic carbocycles. The monoisotopic (exact) mass is 339 g/mol. The van der Waals surface area contributed by atoms with E-state index in [1.165, 1.54) is 17.2 Å². The van der Waals surface area contributed by atoms with Crippen molar-refractivity contribution in [2.45, 2.75) is 38.4 Å². The van der Waals surface area contributed by atoms with E-state index >= 15 is 0 Å². The van der Waals surface area contributed by atoms with Crippen LogP contribution in [0.2, 0.25) is 0 Å². The van der Waals surface area contributed by atoms with Crippen LogP contribution >= 0.6 is 0 Å². The third kappa shape index (κ3) is 3.06. The maximum atomic E-state index is 10.1. The molecule has 0 bridgehead atoms. The second kappa shape index (κ2) is 6.95. The van der Waals surface area contributed by atoms with Crippen molar-refractivity contribution in [1.29, 1.82) is 0 Å². The first-order valence-electron chi connectivity index (χ1n) is 7.70. The average molecular weight is 339 g/mol. The van der Waals surface area contributed by atoms with Gasteiger partial charge in [-0.3, -0.25) is 9.40 Å². The van der Waals surface area contributed by atoms with Crippen molar-refractivity contribution < 1.29 is 24.9 Å². The summed E-state index contributed by atoms with van der Waals surface area (Å²) in [6.07, 6.45) is -1.39. The molecule has 2 aromatic heterocycles. The van der Waals surface area contributed by atoms with Crippen molar-refractivity contribution in [2.75, 3.05) is 18.7 Å². The fourth-order valence-electron chi connectivity index (χ4n) is 2.50. The van der Waals surface area contributed by atoms with E-state index in [-0.39, 0.29) is 0 Å². The second-order valence-corrected chi connectivity index (χ2v) is 6.08. The van der Waals surface area contributed by atoms with Crippen molar-refractivity contribution in [3.05, 3.63) is 12.7 Å². The summed E-state index contributed by atoms with van der Waals surface area (Å²) in [6.45, 7) is 4.15. The van der Waals surface area contributed by atoms with Crippen LogP contribution in [0.25, 0.3) is 11.2 Å². The Balaban J connectivity index is 1.86. The Labute approximate surface area is 138 Å². The molecule has 3 heterocycles.